The van der Waals surface area contributed by atoms with Gasteiger partial charge in [-0.15, -0.1) is 11.3 Å². The Morgan fingerprint density at radius 2 is 2.06 bits per heavy atom. The van der Waals surface area contributed by atoms with E-state index in [9.17, 15) is 13.9 Å². The van der Waals surface area contributed by atoms with Gasteiger partial charge in [-0.1, -0.05) is 24.6 Å². The second-order valence-corrected chi connectivity index (χ2v) is 9.81. The molecule has 0 saturated carbocycles. The molecule has 2 N–H and O–H groups in total. The van der Waals surface area contributed by atoms with Crippen LogP contribution in [0.5, 0.6) is 0 Å². The predicted octanol–water partition coefficient (Wildman–Crippen LogP) is 5.01. The summed E-state index contributed by atoms with van der Waals surface area (Å²) in [7, 11) is 0. The Balaban J connectivity index is 1.63. The number of likely N-dealkylation sites (tertiary alicyclic amines) is 1. The topological polar surface area (TPSA) is 74.2 Å². The molecule has 32 heavy (non-hydrogen) atoms. The zero-order valence-corrected chi connectivity index (χ0v) is 19.2. The number of aliphatic hydroxyl groups excluding tert-OH is 1. The minimum Gasteiger partial charge on any atom is -0.374 e. The van der Waals surface area contributed by atoms with Crippen molar-refractivity contribution >= 4 is 28.9 Å². The molecule has 0 aromatic carbocycles. The molecule has 170 valence electrons. The first-order valence-corrected chi connectivity index (χ1v) is 11.5. The molecule has 1 aliphatic heterocycles. The Bertz CT molecular complexity index is 1050. The number of thiophene rings is 1. The zero-order valence-electron chi connectivity index (χ0n) is 17.7. The van der Waals surface area contributed by atoms with Gasteiger partial charge in [0.2, 0.25) is 5.95 Å². The maximum atomic E-state index is 14.6. The second-order valence-electron chi connectivity index (χ2n) is 8.11. The van der Waals surface area contributed by atoms with E-state index in [4.69, 9.17) is 11.6 Å². The van der Waals surface area contributed by atoms with Gasteiger partial charge in [0.1, 0.15) is 6.23 Å². The number of nitrogens with zero attached hydrogens (tertiary/aromatic N) is 4. The van der Waals surface area contributed by atoms with Crippen molar-refractivity contribution in [1.82, 2.24) is 19.9 Å². The molecular weight excluding hydrogens is 456 g/mol. The molecule has 1 saturated heterocycles. The largest absolute Gasteiger partial charge is 0.374 e. The maximum absolute atomic E-state index is 14.6. The molecule has 3 atom stereocenters. The summed E-state index contributed by atoms with van der Waals surface area (Å²) in [4.78, 5) is 15.8. The number of aromatic nitrogens is 3. The number of nitrogens with one attached hydrogen (secondary N) is 1. The number of hydrogen-bond acceptors (Lipinski definition) is 7. The van der Waals surface area contributed by atoms with Crippen LogP contribution < -0.4 is 5.32 Å². The number of halogens is 3. The van der Waals surface area contributed by atoms with Crippen molar-refractivity contribution in [2.45, 2.75) is 38.5 Å². The van der Waals surface area contributed by atoms with Gasteiger partial charge < -0.3 is 10.4 Å². The summed E-state index contributed by atoms with van der Waals surface area (Å²) in [6.45, 7) is 3.47. The van der Waals surface area contributed by atoms with E-state index in [1.165, 1.54) is 28.6 Å². The summed E-state index contributed by atoms with van der Waals surface area (Å²) >= 11 is 7.32. The van der Waals surface area contributed by atoms with Crippen LogP contribution in [0, 0.1) is 12.8 Å². The van der Waals surface area contributed by atoms with Gasteiger partial charge in [0.25, 0.3) is 5.92 Å². The lowest BCUT2D eigenvalue weighted by Gasteiger charge is -2.45. The molecule has 0 spiro atoms. The average Bonchev–Trinajstić information content (AvgIpc) is 3.15. The summed E-state index contributed by atoms with van der Waals surface area (Å²) < 4.78 is 29.1. The minimum atomic E-state index is -2.90. The summed E-state index contributed by atoms with van der Waals surface area (Å²) in [5, 5.41) is 14.9. The van der Waals surface area contributed by atoms with E-state index in [1.807, 2.05) is 31.2 Å². The van der Waals surface area contributed by atoms with E-state index in [2.05, 4.69) is 20.3 Å². The van der Waals surface area contributed by atoms with E-state index in [-0.39, 0.29) is 18.4 Å². The molecule has 4 rings (SSSR count). The second kappa shape index (κ2) is 9.35. The molecule has 0 bridgehead atoms. The van der Waals surface area contributed by atoms with Gasteiger partial charge in [0, 0.05) is 35.6 Å². The van der Waals surface area contributed by atoms with Crippen LogP contribution in [0.2, 0.25) is 5.02 Å². The lowest BCUT2D eigenvalue weighted by molar-refractivity contribution is -0.152. The van der Waals surface area contributed by atoms with E-state index < -0.39 is 18.7 Å². The number of alkyl halides is 2. The van der Waals surface area contributed by atoms with Crippen LogP contribution in [0.15, 0.2) is 42.9 Å². The van der Waals surface area contributed by atoms with Crippen LogP contribution in [0.3, 0.4) is 0 Å². The van der Waals surface area contributed by atoms with Gasteiger partial charge in [-0.3, -0.25) is 9.88 Å². The molecule has 2 unspecified atom stereocenters. The maximum Gasteiger partial charge on any atom is 0.261 e. The highest BCUT2D eigenvalue weighted by atomic mass is 35.5. The zero-order chi connectivity index (χ0) is 22.9. The smallest absolute Gasteiger partial charge is 0.261 e. The Morgan fingerprint density at radius 3 is 2.75 bits per heavy atom. The first kappa shape index (κ1) is 23.0. The fourth-order valence-corrected chi connectivity index (χ4v) is 5.28. The molecular formula is C22H24ClF2N5OS. The number of pyridine rings is 1. The Hall–Kier alpha value is -2.20. The third-order valence-electron chi connectivity index (χ3n) is 5.58. The van der Waals surface area contributed by atoms with E-state index in [0.717, 1.165) is 9.75 Å². The summed E-state index contributed by atoms with van der Waals surface area (Å²) in [6.07, 6.45) is 3.16. The van der Waals surface area contributed by atoms with E-state index >= 15 is 0 Å². The summed E-state index contributed by atoms with van der Waals surface area (Å²) in [5.41, 5.74) is 1.30. The van der Waals surface area contributed by atoms with Crippen molar-refractivity contribution in [3.63, 3.8) is 0 Å². The van der Waals surface area contributed by atoms with Gasteiger partial charge in [0.15, 0.2) is 0 Å². The third-order valence-corrected chi connectivity index (χ3v) is 6.86. The lowest BCUT2D eigenvalue weighted by atomic mass is 9.87. The lowest BCUT2D eigenvalue weighted by Crippen LogP contribution is -2.56. The van der Waals surface area contributed by atoms with Crippen LogP contribution in [-0.4, -0.2) is 50.0 Å². The predicted molar refractivity (Wildman–Crippen MR) is 122 cm³/mol. The molecule has 0 aliphatic carbocycles. The highest BCUT2D eigenvalue weighted by Crippen LogP contribution is 2.42. The van der Waals surface area contributed by atoms with Crippen LogP contribution in [-0.2, 0) is 0 Å². The molecule has 6 nitrogen and oxygen atoms in total. The van der Waals surface area contributed by atoms with Gasteiger partial charge in [0.05, 0.1) is 34.5 Å². The number of aliphatic hydroxyl groups is 1. The van der Waals surface area contributed by atoms with E-state index in [1.54, 1.807) is 13.1 Å². The SMILES string of the molecule is Cc1cc(C(O)N2CC(F)(F)C[C@@H](C)C2CNc2ncc(Cl)cn2)c(-c2ccccn2)s1. The van der Waals surface area contributed by atoms with Crippen molar-refractivity contribution < 1.29 is 13.9 Å². The number of hydrogen-bond donors (Lipinski definition) is 2. The van der Waals surface area contributed by atoms with Gasteiger partial charge >= 0.3 is 0 Å². The van der Waals surface area contributed by atoms with Crippen molar-refractivity contribution in [3.05, 3.63) is 58.3 Å². The summed E-state index contributed by atoms with van der Waals surface area (Å²) in [6, 6.07) is 7.02. The van der Waals surface area contributed by atoms with Crippen molar-refractivity contribution in [2.24, 2.45) is 5.92 Å². The number of rotatable bonds is 6. The minimum absolute atomic E-state index is 0.250. The van der Waals surface area contributed by atoms with Crippen molar-refractivity contribution in [1.29, 1.82) is 0 Å². The number of aryl methyl sites for hydroxylation is 1. The van der Waals surface area contributed by atoms with Crippen molar-refractivity contribution in [3.8, 4) is 10.6 Å². The first-order chi connectivity index (χ1) is 15.2. The van der Waals surface area contributed by atoms with Gasteiger partial charge in [-0.2, -0.15) is 0 Å². The third kappa shape index (κ3) is 5.06. The Labute approximate surface area is 194 Å². The van der Waals surface area contributed by atoms with Crippen LogP contribution in [0.4, 0.5) is 14.7 Å². The molecule has 0 radical (unpaired) electrons. The van der Waals surface area contributed by atoms with Crippen LogP contribution in [0.25, 0.3) is 10.6 Å². The normalized spacial score (nSPS) is 21.9. The van der Waals surface area contributed by atoms with Crippen LogP contribution in [0.1, 0.15) is 30.0 Å². The molecule has 3 aromatic rings. The standard InChI is InChI=1S/C22H24ClF2N5OS/c1-13-8-22(24,25)12-30(18(13)11-29-21-27-9-15(23)10-28-21)20(31)16-7-14(2)32-19(16)17-5-3-4-6-26-17/h3-7,9-10,13,18,20,31H,8,11-12H2,1-2H3,(H,27,28,29)/t13-,18?,20?/m1/s1. The Morgan fingerprint density at radius 1 is 1.31 bits per heavy atom. The Kier molecular flexibility index (Phi) is 6.71. The van der Waals surface area contributed by atoms with Gasteiger partial charge in [-0.05, 0) is 31.0 Å². The first-order valence-electron chi connectivity index (χ1n) is 10.3. The molecule has 1 aliphatic rings. The molecule has 1 fully saturated rings. The number of anilines is 1. The highest BCUT2D eigenvalue weighted by molar-refractivity contribution is 7.15. The summed E-state index contributed by atoms with van der Waals surface area (Å²) in [5.74, 6) is -2.91. The van der Waals surface area contributed by atoms with Crippen molar-refractivity contribution in [2.75, 3.05) is 18.4 Å². The monoisotopic (exact) mass is 479 g/mol. The quantitative estimate of drug-likeness (QED) is 0.517. The molecule has 3 aromatic heterocycles. The average molecular weight is 480 g/mol. The van der Waals surface area contributed by atoms with Gasteiger partial charge in [-0.25, -0.2) is 18.7 Å². The van der Waals surface area contributed by atoms with Crippen LogP contribution >= 0.6 is 22.9 Å². The molecule has 10 heteroatoms. The fourth-order valence-electron chi connectivity index (χ4n) is 4.17. The number of piperidine rings is 1. The molecule has 0 amide bonds. The molecule has 4 heterocycles. The fraction of sp³-hybridized carbons (Fsp3) is 0.409. The van der Waals surface area contributed by atoms with E-state index in [0.29, 0.717) is 28.8 Å². The highest BCUT2D eigenvalue weighted by Gasteiger charge is 2.46.